The number of rotatable bonds is 5. The molecule has 1 aliphatic heterocycles. The fraction of sp³-hybridized carbons (Fsp3) is 0.619. The summed E-state index contributed by atoms with van der Waals surface area (Å²) >= 11 is 0. The zero-order valence-corrected chi connectivity index (χ0v) is 16.7. The molecule has 0 aromatic carbocycles. The summed E-state index contributed by atoms with van der Waals surface area (Å²) in [6.45, 7) is 5.25. The van der Waals surface area contributed by atoms with E-state index in [4.69, 9.17) is 0 Å². The highest BCUT2D eigenvalue weighted by atomic mass is 16.2. The highest BCUT2D eigenvalue weighted by Crippen LogP contribution is 2.40. The Morgan fingerprint density at radius 1 is 1.21 bits per heavy atom. The van der Waals surface area contributed by atoms with Crippen LogP contribution < -0.4 is 11.2 Å². The van der Waals surface area contributed by atoms with Gasteiger partial charge >= 0.3 is 5.69 Å². The number of aryl methyl sites for hydroxylation is 1. The van der Waals surface area contributed by atoms with Crippen molar-refractivity contribution < 1.29 is 4.79 Å². The molecule has 2 aromatic rings. The van der Waals surface area contributed by atoms with Gasteiger partial charge in [-0.2, -0.15) is 0 Å². The van der Waals surface area contributed by atoms with Gasteiger partial charge in [-0.3, -0.25) is 19.1 Å². The van der Waals surface area contributed by atoms with E-state index in [1.807, 2.05) is 11.8 Å². The van der Waals surface area contributed by atoms with E-state index in [2.05, 4.69) is 16.9 Å². The summed E-state index contributed by atoms with van der Waals surface area (Å²) in [5.74, 6) is 0.219. The minimum Gasteiger partial charge on any atom is -0.336 e. The van der Waals surface area contributed by atoms with Crippen molar-refractivity contribution in [2.45, 2.75) is 77.3 Å². The number of amides is 1. The average Bonchev–Trinajstić information content (AvgIpc) is 3.55. The van der Waals surface area contributed by atoms with E-state index >= 15 is 0 Å². The molecule has 3 heterocycles. The summed E-state index contributed by atoms with van der Waals surface area (Å²) in [4.78, 5) is 47.7. The van der Waals surface area contributed by atoms with E-state index in [0.717, 1.165) is 50.6 Å². The molecule has 2 aromatic heterocycles. The number of hydrogen-bond acceptors (Lipinski definition) is 4. The first-order valence-electron chi connectivity index (χ1n) is 10.5. The predicted molar refractivity (Wildman–Crippen MR) is 108 cm³/mol. The van der Waals surface area contributed by atoms with Crippen molar-refractivity contribution in [2.75, 3.05) is 6.54 Å². The summed E-state index contributed by atoms with van der Waals surface area (Å²) in [5.41, 5.74) is 0.612. The van der Waals surface area contributed by atoms with E-state index in [1.165, 1.54) is 4.57 Å². The molecular formula is C21H28N4O3. The molecule has 1 saturated heterocycles. The highest BCUT2D eigenvalue weighted by Gasteiger charge is 2.32. The second-order valence-corrected chi connectivity index (χ2v) is 8.03. The van der Waals surface area contributed by atoms with Gasteiger partial charge in [0.25, 0.3) is 11.5 Å². The van der Waals surface area contributed by atoms with Crippen LogP contribution in [-0.2, 0) is 6.54 Å². The van der Waals surface area contributed by atoms with Crippen LogP contribution in [0.3, 0.4) is 0 Å². The Morgan fingerprint density at radius 3 is 2.68 bits per heavy atom. The molecule has 0 spiro atoms. The number of piperidine rings is 1. The number of nitrogens with zero attached hydrogens (tertiary/aromatic N) is 3. The zero-order chi connectivity index (χ0) is 19.8. The third kappa shape index (κ3) is 3.27. The van der Waals surface area contributed by atoms with E-state index in [0.29, 0.717) is 30.2 Å². The van der Waals surface area contributed by atoms with Gasteiger partial charge in [0.1, 0.15) is 0 Å². The van der Waals surface area contributed by atoms with Gasteiger partial charge < -0.3 is 4.90 Å². The van der Waals surface area contributed by atoms with Gasteiger partial charge in [-0.05, 0) is 51.0 Å². The topological polar surface area (TPSA) is 88.1 Å². The quantitative estimate of drug-likeness (QED) is 0.859. The molecule has 7 nitrogen and oxygen atoms in total. The summed E-state index contributed by atoms with van der Waals surface area (Å²) in [6, 6.07) is 2.01. The molecule has 1 atom stereocenters. The van der Waals surface area contributed by atoms with E-state index in [9.17, 15) is 14.4 Å². The molecule has 4 rings (SSSR count). The first-order valence-corrected chi connectivity index (χ1v) is 10.5. The maximum absolute atomic E-state index is 13.5. The van der Waals surface area contributed by atoms with Crippen molar-refractivity contribution >= 4 is 16.9 Å². The Kier molecular flexibility index (Phi) is 5.08. The summed E-state index contributed by atoms with van der Waals surface area (Å²) in [5, 5.41) is 0.253. The van der Waals surface area contributed by atoms with Crippen molar-refractivity contribution in [3.8, 4) is 0 Å². The maximum atomic E-state index is 13.5. The van der Waals surface area contributed by atoms with Crippen molar-refractivity contribution in [1.29, 1.82) is 0 Å². The van der Waals surface area contributed by atoms with Gasteiger partial charge in [0.2, 0.25) is 0 Å². The van der Waals surface area contributed by atoms with Gasteiger partial charge in [0.05, 0.1) is 10.9 Å². The number of aromatic nitrogens is 3. The molecule has 2 fully saturated rings. The largest absolute Gasteiger partial charge is 0.336 e. The van der Waals surface area contributed by atoms with Gasteiger partial charge in [0, 0.05) is 30.7 Å². The summed E-state index contributed by atoms with van der Waals surface area (Å²) in [7, 11) is 0. The number of aromatic amines is 1. The molecule has 1 aliphatic carbocycles. The second-order valence-electron chi connectivity index (χ2n) is 8.03. The Bertz CT molecular complexity index is 1020. The third-order valence-electron chi connectivity index (χ3n) is 6.00. The number of carbonyl (C=O) groups is 1. The number of pyridine rings is 1. The first-order chi connectivity index (χ1) is 13.5. The van der Waals surface area contributed by atoms with Crippen LogP contribution in [0.4, 0.5) is 0 Å². The van der Waals surface area contributed by atoms with E-state index in [1.54, 1.807) is 6.07 Å². The highest BCUT2D eigenvalue weighted by molar-refractivity contribution is 6.05. The number of likely N-dealkylation sites (tertiary alicyclic amines) is 1. The van der Waals surface area contributed by atoms with Crippen molar-refractivity contribution in [2.24, 2.45) is 0 Å². The Morgan fingerprint density at radius 2 is 2.00 bits per heavy atom. The fourth-order valence-electron chi connectivity index (χ4n) is 4.33. The maximum Gasteiger partial charge on any atom is 0.329 e. The zero-order valence-electron chi connectivity index (χ0n) is 16.7. The normalized spacial score (nSPS) is 19.9. The predicted octanol–water partition coefficient (Wildman–Crippen LogP) is 2.78. The smallest absolute Gasteiger partial charge is 0.329 e. The van der Waals surface area contributed by atoms with Crippen LogP contribution in [-0.4, -0.2) is 37.9 Å². The number of H-pyrrole nitrogens is 1. The van der Waals surface area contributed by atoms with Crippen LogP contribution in [0.2, 0.25) is 0 Å². The number of fused-ring (bicyclic) bond motifs is 1. The Labute approximate surface area is 163 Å². The van der Waals surface area contributed by atoms with Crippen molar-refractivity contribution in [1.82, 2.24) is 19.4 Å². The van der Waals surface area contributed by atoms with Crippen LogP contribution >= 0.6 is 0 Å². The lowest BCUT2D eigenvalue weighted by molar-refractivity contribution is 0.0609. The van der Waals surface area contributed by atoms with E-state index in [-0.39, 0.29) is 17.3 Å². The SMILES string of the molecule is CCCn1c(=O)[nH]c(=O)c2c(C(=O)N3CCCCC3CC)cc(C3CC3)nc21. The standard InChI is InChI=1S/C21H28N4O3/c1-3-10-25-18-17(19(26)23-21(25)28)15(12-16(22-18)13-8-9-13)20(27)24-11-6-5-7-14(24)4-2/h12-14H,3-11H2,1-2H3,(H,23,26,28). The molecule has 1 saturated carbocycles. The van der Waals surface area contributed by atoms with Crippen LogP contribution in [0, 0.1) is 0 Å². The lowest BCUT2D eigenvalue weighted by Gasteiger charge is -2.35. The minimum atomic E-state index is -0.518. The van der Waals surface area contributed by atoms with Gasteiger partial charge in [-0.15, -0.1) is 0 Å². The van der Waals surface area contributed by atoms with Crippen LogP contribution in [0.25, 0.3) is 11.0 Å². The monoisotopic (exact) mass is 384 g/mol. The van der Waals surface area contributed by atoms with Gasteiger partial charge in [-0.1, -0.05) is 13.8 Å². The molecule has 0 radical (unpaired) electrons. The average molecular weight is 384 g/mol. The van der Waals surface area contributed by atoms with Crippen molar-refractivity contribution in [3.05, 3.63) is 38.2 Å². The summed E-state index contributed by atoms with van der Waals surface area (Å²) in [6.07, 6.45) is 6.83. The van der Waals surface area contributed by atoms with Crippen LogP contribution in [0.15, 0.2) is 15.7 Å². The minimum absolute atomic E-state index is 0.104. The van der Waals surface area contributed by atoms with Crippen LogP contribution in [0.5, 0.6) is 0 Å². The molecule has 1 N–H and O–H groups in total. The molecule has 28 heavy (non-hydrogen) atoms. The van der Waals surface area contributed by atoms with E-state index < -0.39 is 11.2 Å². The molecule has 7 heteroatoms. The second kappa shape index (κ2) is 7.53. The Balaban J connectivity index is 1.94. The molecular weight excluding hydrogens is 356 g/mol. The molecule has 2 aliphatic rings. The summed E-state index contributed by atoms with van der Waals surface area (Å²) < 4.78 is 1.51. The molecule has 1 amide bonds. The molecule has 1 unspecified atom stereocenters. The third-order valence-corrected chi connectivity index (χ3v) is 6.00. The molecule has 0 bridgehead atoms. The number of carbonyl (C=O) groups excluding carboxylic acids is 1. The van der Waals surface area contributed by atoms with Crippen molar-refractivity contribution in [3.63, 3.8) is 0 Å². The lowest BCUT2D eigenvalue weighted by Crippen LogP contribution is -2.44. The fourth-order valence-corrected chi connectivity index (χ4v) is 4.33. The van der Waals surface area contributed by atoms with Crippen LogP contribution in [0.1, 0.15) is 80.8 Å². The molecule has 150 valence electrons. The Hall–Kier alpha value is -2.44. The van der Waals surface area contributed by atoms with Gasteiger partial charge in [-0.25, -0.2) is 9.78 Å². The van der Waals surface area contributed by atoms with Gasteiger partial charge in [0.15, 0.2) is 5.65 Å². The number of nitrogens with one attached hydrogen (secondary N) is 1. The first kappa shape index (κ1) is 18.9. The lowest BCUT2D eigenvalue weighted by atomic mass is 9.98. The number of hydrogen-bond donors (Lipinski definition) is 1.